The summed E-state index contributed by atoms with van der Waals surface area (Å²) >= 11 is 18.2. The van der Waals surface area contributed by atoms with Gasteiger partial charge < -0.3 is 10.6 Å². The molecule has 0 bridgehead atoms. The average molecular weight is 266 g/mol. The normalized spacial score (nSPS) is 21.7. The summed E-state index contributed by atoms with van der Waals surface area (Å²) in [5.41, 5.74) is 0.887. The van der Waals surface area contributed by atoms with Crippen molar-refractivity contribution in [2.45, 2.75) is 6.04 Å². The number of halogens is 3. The van der Waals surface area contributed by atoms with Crippen LogP contribution in [0.4, 0.5) is 0 Å². The van der Waals surface area contributed by atoms with Crippen LogP contribution in [0.1, 0.15) is 11.6 Å². The maximum atomic E-state index is 6.15. The zero-order valence-electron chi connectivity index (χ0n) is 7.99. The first kappa shape index (κ1) is 11.5. The molecule has 0 saturated carbocycles. The minimum absolute atomic E-state index is 0.137. The van der Waals surface area contributed by atoms with Crippen LogP contribution in [0.2, 0.25) is 15.1 Å². The number of nitrogens with one attached hydrogen (secondary N) is 2. The van der Waals surface area contributed by atoms with E-state index in [4.69, 9.17) is 34.8 Å². The third kappa shape index (κ3) is 2.40. The summed E-state index contributed by atoms with van der Waals surface area (Å²) in [6, 6.07) is 3.63. The van der Waals surface area contributed by atoms with Gasteiger partial charge in [-0.25, -0.2) is 0 Å². The van der Waals surface area contributed by atoms with Gasteiger partial charge in [0, 0.05) is 36.3 Å². The molecule has 1 aromatic rings. The third-order valence-electron chi connectivity index (χ3n) is 2.47. The first-order chi connectivity index (χ1) is 7.20. The fourth-order valence-corrected chi connectivity index (χ4v) is 2.52. The second kappa shape index (κ2) is 4.89. The summed E-state index contributed by atoms with van der Waals surface area (Å²) in [6.07, 6.45) is 0. The van der Waals surface area contributed by atoms with Crippen LogP contribution in [0.5, 0.6) is 0 Å². The molecule has 2 nitrogen and oxygen atoms in total. The smallest absolute Gasteiger partial charge is 0.0655 e. The van der Waals surface area contributed by atoms with E-state index in [0.717, 1.165) is 25.2 Å². The van der Waals surface area contributed by atoms with Crippen LogP contribution in [0, 0.1) is 0 Å². The molecule has 2 rings (SSSR count). The quantitative estimate of drug-likeness (QED) is 0.763. The van der Waals surface area contributed by atoms with Gasteiger partial charge in [-0.15, -0.1) is 0 Å². The number of hydrogen-bond donors (Lipinski definition) is 2. The molecule has 1 fully saturated rings. The lowest BCUT2D eigenvalue weighted by molar-refractivity contribution is 0.430. The molecule has 1 aliphatic rings. The molecule has 15 heavy (non-hydrogen) atoms. The molecule has 82 valence electrons. The van der Waals surface area contributed by atoms with Crippen LogP contribution < -0.4 is 10.6 Å². The van der Waals surface area contributed by atoms with Crippen molar-refractivity contribution in [2.75, 3.05) is 19.6 Å². The van der Waals surface area contributed by atoms with Gasteiger partial charge in [-0.1, -0.05) is 34.8 Å². The van der Waals surface area contributed by atoms with Crippen molar-refractivity contribution in [3.63, 3.8) is 0 Å². The third-order valence-corrected chi connectivity index (χ3v) is 3.62. The highest BCUT2D eigenvalue weighted by atomic mass is 35.5. The number of piperazine rings is 1. The first-order valence-electron chi connectivity index (χ1n) is 4.77. The fourth-order valence-electron chi connectivity index (χ4n) is 1.72. The van der Waals surface area contributed by atoms with E-state index >= 15 is 0 Å². The Morgan fingerprint density at radius 2 is 1.80 bits per heavy atom. The first-order valence-corrected chi connectivity index (χ1v) is 5.91. The van der Waals surface area contributed by atoms with E-state index < -0.39 is 0 Å². The molecule has 1 saturated heterocycles. The van der Waals surface area contributed by atoms with Gasteiger partial charge in [0.15, 0.2) is 0 Å². The molecule has 1 atom stereocenters. The van der Waals surface area contributed by atoms with E-state index in [-0.39, 0.29) is 6.04 Å². The molecule has 0 aliphatic carbocycles. The lowest BCUT2D eigenvalue weighted by Crippen LogP contribution is -2.42. The lowest BCUT2D eigenvalue weighted by Gasteiger charge is -2.26. The molecule has 1 heterocycles. The van der Waals surface area contributed by atoms with Crippen molar-refractivity contribution in [3.8, 4) is 0 Å². The van der Waals surface area contributed by atoms with Gasteiger partial charge in [-0.2, -0.15) is 0 Å². The predicted octanol–water partition coefficient (Wildman–Crippen LogP) is 2.88. The summed E-state index contributed by atoms with van der Waals surface area (Å²) in [5, 5.41) is 8.39. The van der Waals surface area contributed by atoms with Crippen LogP contribution in [0.15, 0.2) is 12.1 Å². The Bertz CT molecular complexity index is 362. The number of hydrogen-bond acceptors (Lipinski definition) is 2. The van der Waals surface area contributed by atoms with Crippen molar-refractivity contribution in [1.29, 1.82) is 0 Å². The van der Waals surface area contributed by atoms with Crippen molar-refractivity contribution < 1.29 is 0 Å². The average Bonchev–Trinajstić information content (AvgIpc) is 2.26. The summed E-state index contributed by atoms with van der Waals surface area (Å²) in [6.45, 7) is 2.69. The summed E-state index contributed by atoms with van der Waals surface area (Å²) < 4.78 is 0. The van der Waals surface area contributed by atoms with E-state index in [1.807, 2.05) is 0 Å². The SMILES string of the molecule is Clc1ccc(Cl)c([C@H]2CNCCN2)c1Cl. The standard InChI is InChI=1S/C10H11Cl3N2/c11-6-1-2-7(12)10(13)9(6)8-5-14-3-4-15-8/h1-2,8,14-15H,3-5H2/t8-/m1/s1. The van der Waals surface area contributed by atoms with Gasteiger partial charge in [-0.3, -0.25) is 0 Å². The van der Waals surface area contributed by atoms with Crippen LogP contribution in [0.3, 0.4) is 0 Å². The monoisotopic (exact) mass is 264 g/mol. The molecule has 1 aliphatic heterocycles. The molecule has 0 unspecified atom stereocenters. The van der Waals surface area contributed by atoms with Crippen LogP contribution in [0.25, 0.3) is 0 Å². The van der Waals surface area contributed by atoms with E-state index in [0.29, 0.717) is 15.1 Å². The zero-order chi connectivity index (χ0) is 10.8. The number of rotatable bonds is 1. The molecule has 1 aromatic carbocycles. The summed E-state index contributed by atoms with van der Waals surface area (Å²) in [5.74, 6) is 0. The van der Waals surface area contributed by atoms with Crippen molar-refractivity contribution in [3.05, 3.63) is 32.8 Å². The van der Waals surface area contributed by atoms with Gasteiger partial charge in [0.25, 0.3) is 0 Å². The summed E-state index contributed by atoms with van der Waals surface area (Å²) in [4.78, 5) is 0. The second-order valence-corrected chi connectivity index (χ2v) is 4.66. The van der Waals surface area contributed by atoms with Crippen molar-refractivity contribution >= 4 is 34.8 Å². The molecule has 0 spiro atoms. The van der Waals surface area contributed by atoms with E-state index in [1.54, 1.807) is 12.1 Å². The largest absolute Gasteiger partial charge is 0.314 e. The van der Waals surface area contributed by atoms with Gasteiger partial charge in [0.2, 0.25) is 0 Å². The molecule has 0 aromatic heterocycles. The molecule has 0 radical (unpaired) electrons. The topological polar surface area (TPSA) is 24.1 Å². The van der Waals surface area contributed by atoms with Crippen LogP contribution in [-0.2, 0) is 0 Å². The Balaban J connectivity index is 2.36. The Labute approximate surface area is 104 Å². The van der Waals surface area contributed by atoms with Gasteiger partial charge >= 0.3 is 0 Å². The molecule has 5 heteroatoms. The Morgan fingerprint density at radius 1 is 1.07 bits per heavy atom. The van der Waals surface area contributed by atoms with E-state index in [2.05, 4.69) is 10.6 Å². The highest BCUT2D eigenvalue weighted by Crippen LogP contribution is 2.35. The second-order valence-electron chi connectivity index (χ2n) is 3.47. The maximum absolute atomic E-state index is 6.15. The molecular weight excluding hydrogens is 254 g/mol. The lowest BCUT2D eigenvalue weighted by atomic mass is 10.1. The maximum Gasteiger partial charge on any atom is 0.0655 e. The summed E-state index contributed by atoms with van der Waals surface area (Å²) in [7, 11) is 0. The minimum Gasteiger partial charge on any atom is -0.314 e. The predicted molar refractivity (Wildman–Crippen MR) is 65.1 cm³/mol. The Hall–Kier alpha value is 0.01000. The molecule has 2 N–H and O–H groups in total. The van der Waals surface area contributed by atoms with Crippen LogP contribution in [-0.4, -0.2) is 19.6 Å². The highest BCUT2D eigenvalue weighted by Gasteiger charge is 2.21. The van der Waals surface area contributed by atoms with E-state index in [9.17, 15) is 0 Å². The number of benzene rings is 1. The Kier molecular flexibility index (Phi) is 3.75. The van der Waals surface area contributed by atoms with Gasteiger partial charge in [0.05, 0.1) is 10.0 Å². The van der Waals surface area contributed by atoms with Crippen molar-refractivity contribution in [1.82, 2.24) is 10.6 Å². The van der Waals surface area contributed by atoms with Crippen LogP contribution >= 0.6 is 34.8 Å². The van der Waals surface area contributed by atoms with Crippen molar-refractivity contribution in [2.24, 2.45) is 0 Å². The van der Waals surface area contributed by atoms with Gasteiger partial charge in [0.1, 0.15) is 0 Å². The Morgan fingerprint density at radius 3 is 2.47 bits per heavy atom. The minimum atomic E-state index is 0.137. The zero-order valence-corrected chi connectivity index (χ0v) is 10.3. The molecule has 0 amide bonds. The fraction of sp³-hybridized carbons (Fsp3) is 0.400. The molecular formula is C10H11Cl3N2. The van der Waals surface area contributed by atoms with E-state index in [1.165, 1.54) is 0 Å². The highest BCUT2D eigenvalue weighted by molar-refractivity contribution is 6.44. The van der Waals surface area contributed by atoms with Gasteiger partial charge in [-0.05, 0) is 12.1 Å².